The van der Waals surface area contributed by atoms with Crippen LogP contribution in [0, 0.1) is 6.92 Å². The quantitative estimate of drug-likeness (QED) is 0.663. The van der Waals surface area contributed by atoms with E-state index in [0.29, 0.717) is 18.0 Å². The minimum absolute atomic E-state index is 0.0798. The van der Waals surface area contributed by atoms with Gasteiger partial charge in [0, 0.05) is 36.0 Å². The highest BCUT2D eigenvalue weighted by Gasteiger charge is 2.11. The Kier molecular flexibility index (Phi) is 6.08. The molecule has 0 radical (unpaired) electrons. The molecule has 0 aliphatic heterocycles. The van der Waals surface area contributed by atoms with E-state index in [4.69, 9.17) is 4.74 Å². The first-order valence-corrected chi connectivity index (χ1v) is 9.64. The van der Waals surface area contributed by atoms with E-state index in [-0.39, 0.29) is 5.91 Å². The van der Waals surface area contributed by atoms with E-state index in [2.05, 4.69) is 10.4 Å². The fourth-order valence-corrected chi connectivity index (χ4v) is 3.45. The Morgan fingerprint density at radius 1 is 1.37 bits per heavy atom. The largest absolute Gasteiger partial charge is 0.488 e. The molecular weight excluding hydrogens is 358 g/mol. The Bertz CT molecular complexity index is 956. The maximum absolute atomic E-state index is 12.4. The normalized spacial score (nSPS) is 11.1. The summed E-state index contributed by atoms with van der Waals surface area (Å²) in [5.74, 6) is 0.753. The number of thiophene rings is 1. The monoisotopic (exact) mass is 381 g/mol. The van der Waals surface area contributed by atoms with Crippen molar-refractivity contribution in [2.45, 2.75) is 27.0 Å². The standard InChI is InChI=1S/C21H23N3O2S/c1-4-7-17-8-5-6-9-19(17)26-13-16-10-20(27-14-16)21(25)22-11-18-12-23-24(3)15(18)2/h4-10,12,14H,11,13H2,1-3H3,(H,22,25)/b7-4+. The van der Waals surface area contributed by atoms with Crippen LogP contribution in [0.3, 0.4) is 0 Å². The highest BCUT2D eigenvalue weighted by atomic mass is 32.1. The average Bonchev–Trinajstić information content (AvgIpc) is 3.27. The zero-order valence-electron chi connectivity index (χ0n) is 15.7. The second-order valence-corrected chi connectivity index (χ2v) is 7.12. The van der Waals surface area contributed by atoms with Gasteiger partial charge in [-0.15, -0.1) is 11.3 Å². The van der Waals surface area contributed by atoms with Gasteiger partial charge in [0.2, 0.25) is 0 Å². The van der Waals surface area contributed by atoms with Gasteiger partial charge >= 0.3 is 0 Å². The zero-order chi connectivity index (χ0) is 19.2. The molecule has 0 saturated heterocycles. The molecule has 27 heavy (non-hydrogen) atoms. The number of amides is 1. The Balaban J connectivity index is 1.58. The number of allylic oxidation sites excluding steroid dienone is 1. The van der Waals surface area contributed by atoms with Crippen molar-refractivity contribution in [3.8, 4) is 5.75 Å². The lowest BCUT2D eigenvalue weighted by Crippen LogP contribution is -2.22. The molecule has 0 atom stereocenters. The molecule has 5 nitrogen and oxygen atoms in total. The summed E-state index contributed by atoms with van der Waals surface area (Å²) in [6.45, 7) is 4.87. The molecule has 2 heterocycles. The van der Waals surface area contributed by atoms with Gasteiger partial charge in [0.05, 0.1) is 11.1 Å². The Labute approximate surface area is 163 Å². The van der Waals surface area contributed by atoms with Gasteiger partial charge in [0.25, 0.3) is 5.91 Å². The van der Waals surface area contributed by atoms with Crippen LogP contribution in [0.15, 0.2) is 48.0 Å². The number of para-hydroxylation sites is 1. The number of aryl methyl sites for hydroxylation is 1. The third-order valence-electron chi connectivity index (χ3n) is 4.31. The van der Waals surface area contributed by atoms with Crippen molar-refractivity contribution in [3.05, 3.63) is 75.2 Å². The molecule has 1 amide bonds. The first-order valence-electron chi connectivity index (χ1n) is 8.76. The molecule has 0 aliphatic carbocycles. The van der Waals surface area contributed by atoms with Gasteiger partial charge in [-0.25, -0.2) is 0 Å². The molecular formula is C21H23N3O2S. The van der Waals surface area contributed by atoms with E-state index in [0.717, 1.165) is 28.1 Å². The van der Waals surface area contributed by atoms with E-state index in [1.165, 1.54) is 11.3 Å². The van der Waals surface area contributed by atoms with Crippen LogP contribution >= 0.6 is 11.3 Å². The first-order chi connectivity index (χ1) is 13.1. The number of nitrogens with one attached hydrogen (secondary N) is 1. The molecule has 3 aromatic rings. The molecule has 0 bridgehead atoms. The van der Waals surface area contributed by atoms with E-state index in [9.17, 15) is 4.79 Å². The van der Waals surface area contributed by atoms with Gasteiger partial charge in [-0.2, -0.15) is 5.10 Å². The van der Waals surface area contributed by atoms with Crippen LogP contribution in [0.1, 0.15) is 39.0 Å². The predicted molar refractivity (Wildman–Crippen MR) is 109 cm³/mol. The summed E-state index contributed by atoms with van der Waals surface area (Å²) >= 11 is 1.42. The van der Waals surface area contributed by atoms with E-state index >= 15 is 0 Å². The predicted octanol–water partition coefficient (Wildman–Crippen LogP) is 4.33. The van der Waals surface area contributed by atoms with Crippen LogP contribution in [-0.4, -0.2) is 15.7 Å². The van der Waals surface area contributed by atoms with Crippen LogP contribution < -0.4 is 10.1 Å². The molecule has 0 aliphatic rings. The second kappa shape index (κ2) is 8.68. The maximum Gasteiger partial charge on any atom is 0.261 e. The SMILES string of the molecule is C/C=C/c1ccccc1OCc1csc(C(=O)NCc2cnn(C)c2C)c1. The molecule has 140 valence electrons. The Morgan fingerprint density at radius 3 is 2.93 bits per heavy atom. The number of hydrogen-bond acceptors (Lipinski definition) is 4. The van der Waals surface area contributed by atoms with Crippen LogP contribution in [0.2, 0.25) is 0 Å². The lowest BCUT2D eigenvalue weighted by atomic mass is 10.2. The van der Waals surface area contributed by atoms with E-state index in [1.54, 1.807) is 10.9 Å². The number of aromatic nitrogens is 2. The molecule has 0 saturated carbocycles. The molecule has 1 N–H and O–H groups in total. The van der Waals surface area contributed by atoms with Crippen molar-refractivity contribution < 1.29 is 9.53 Å². The topological polar surface area (TPSA) is 56.1 Å². The number of nitrogens with zero attached hydrogens (tertiary/aromatic N) is 2. The molecule has 6 heteroatoms. The summed E-state index contributed by atoms with van der Waals surface area (Å²) in [6, 6.07) is 9.79. The smallest absolute Gasteiger partial charge is 0.261 e. The van der Waals surface area contributed by atoms with Crippen LogP contribution in [0.4, 0.5) is 0 Å². The van der Waals surface area contributed by atoms with Gasteiger partial charge < -0.3 is 10.1 Å². The molecule has 3 rings (SSSR count). The van der Waals surface area contributed by atoms with Gasteiger partial charge in [-0.1, -0.05) is 30.4 Å². The maximum atomic E-state index is 12.4. The fraction of sp³-hybridized carbons (Fsp3) is 0.238. The summed E-state index contributed by atoms with van der Waals surface area (Å²) in [5, 5.41) is 9.10. The van der Waals surface area contributed by atoms with Gasteiger partial charge in [0.1, 0.15) is 12.4 Å². The lowest BCUT2D eigenvalue weighted by Gasteiger charge is -2.08. The third kappa shape index (κ3) is 4.65. The fourth-order valence-electron chi connectivity index (χ4n) is 2.64. The van der Waals surface area contributed by atoms with Gasteiger partial charge in [0.15, 0.2) is 0 Å². The van der Waals surface area contributed by atoms with Crippen molar-refractivity contribution in [2.75, 3.05) is 0 Å². The second-order valence-electron chi connectivity index (χ2n) is 6.21. The first kappa shape index (κ1) is 18.9. The van der Waals surface area contributed by atoms with Crippen molar-refractivity contribution in [1.29, 1.82) is 0 Å². The van der Waals surface area contributed by atoms with E-state index < -0.39 is 0 Å². The minimum atomic E-state index is -0.0798. The van der Waals surface area contributed by atoms with Crippen molar-refractivity contribution >= 4 is 23.3 Å². The highest BCUT2D eigenvalue weighted by Crippen LogP contribution is 2.22. The number of ether oxygens (including phenoxy) is 1. The molecule has 1 aromatic carbocycles. The van der Waals surface area contributed by atoms with Crippen molar-refractivity contribution in [2.24, 2.45) is 7.05 Å². The van der Waals surface area contributed by atoms with Crippen molar-refractivity contribution in [3.63, 3.8) is 0 Å². The minimum Gasteiger partial charge on any atom is -0.488 e. The Hall–Kier alpha value is -2.86. The summed E-state index contributed by atoms with van der Waals surface area (Å²) < 4.78 is 7.73. The van der Waals surface area contributed by atoms with Crippen molar-refractivity contribution in [1.82, 2.24) is 15.1 Å². The van der Waals surface area contributed by atoms with Gasteiger partial charge in [-0.05, 0) is 31.4 Å². The van der Waals surface area contributed by atoms with Crippen LogP contribution in [0.25, 0.3) is 6.08 Å². The number of carbonyl (C=O) groups is 1. The molecule has 0 spiro atoms. The molecule has 0 unspecified atom stereocenters. The van der Waals surface area contributed by atoms with Gasteiger partial charge in [-0.3, -0.25) is 9.48 Å². The zero-order valence-corrected chi connectivity index (χ0v) is 16.5. The average molecular weight is 382 g/mol. The molecule has 2 aromatic heterocycles. The van der Waals surface area contributed by atoms with Crippen LogP contribution in [-0.2, 0) is 20.2 Å². The summed E-state index contributed by atoms with van der Waals surface area (Å²) in [7, 11) is 1.89. The number of benzene rings is 1. The highest BCUT2D eigenvalue weighted by molar-refractivity contribution is 7.12. The Morgan fingerprint density at radius 2 is 2.19 bits per heavy atom. The van der Waals surface area contributed by atoms with E-state index in [1.807, 2.05) is 68.8 Å². The summed E-state index contributed by atoms with van der Waals surface area (Å²) in [6.07, 6.45) is 5.78. The number of rotatable bonds is 7. The van der Waals surface area contributed by atoms with Crippen LogP contribution in [0.5, 0.6) is 5.75 Å². The third-order valence-corrected chi connectivity index (χ3v) is 5.29. The lowest BCUT2D eigenvalue weighted by molar-refractivity contribution is 0.0955. The summed E-state index contributed by atoms with van der Waals surface area (Å²) in [5.41, 5.74) is 4.10. The number of hydrogen-bond donors (Lipinski definition) is 1. The summed E-state index contributed by atoms with van der Waals surface area (Å²) in [4.78, 5) is 13.1. The number of carbonyl (C=O) groups excluding carboxylic acids is 1. The molecule has 0 fully saturated rings.